The number of phenols is 1. The van der Waals surface area contributed by atoms with E-state index >= 15 is 0 Å². The molecule has 0 unspecified atom stereocenters. The summed E-state index contributed by atoms with van der Waals surface area (Å²) in [5, 5.41) is 10.6. The van der Waals surface area contributed by atoms with Crippen LogP contribution in [-0.2, 0) is 6.54 Å². The number of rotatable bonds is 3. The Morgan fingerprint density at radius 3 is 2.68 bits per heavy atom. The van der Waals surface area contributed by atoms with Gasteiger partial charge in [0.05, 0.1) is 5.52 Å². The second kappa shape index (κ2) is 6.69. The minimum Gasteiger partial charge on any atom is -0.508 e. The Morgan fingerprint density at radius 2 is 1.88 bits per heavy atom. The van der Waals surface area contributed by atoms with Gasteiger partial charge in [0, 0.05) is 56.6 Å². The largest absolute Gasteiger partial charge is 0.508 e. The molecule has 5 nitrogen and oxygen atoms in total. The van der Waals surface area contributed by atoms with E-state index < -0.39 is 0 Å². The van der Waals surface area contributed by atoms with E-state index in [-0.39, 0.29) is 5.75 Å². The zero-order chi connectivity index (χ0) is 17.2. The highest BCUT2D eigenvalue weighted by Crippen LogP contribution is 2.21. The van der Waals surface area contributed by atoms with Gasteiger partial charge >= 0.3 is 0 Å². The Hall–Kier alpha value is -2.66. The Labute approximate surface area is 147 Å². The molecule has 1 saturated heterocycles. The van der Waals surface area contributed by atoms with Crippen molar-refractivity contribution in [2.45, 2.75) is 13.5 Å². The summed E-state index contributed by atoms with van der Waals surface area (Å²) in [6.45, 7) is 7.04. The van der Waals surface area contributed by atoms with Crippen molar-refractivity contribution in [3.8, 4) is 5.75 Å². The van der Waals surface area contributed by atoms with E-state index in [0.29, 0.717) is 0 Å². The van der Waals surface area contributed by atoms with Crippen molar-refractivity contribution >= 4 is 16.7 Å². The summed E-state index contributed by atoms with van der Waals surface area (Å²) in [5.74, 6) is 1.36. The van der Waals surface area contributed by atoms with Gasteiger partial charge in [-0.3, -0.25) is 9.88 Å². The van der Waals surface area contributed by atoms with Crippen molar-refractivity contribution in [1.82, 2.24) is 14.9 Å². The molecule has 1 N–H and O–H groups in total. The molecule has 5 heteroatoms. The van der Waals surface area contributed by atoms with E-state index in [1.165, 1.54) is 11.1 Å². The van der Waals surface area contributed by atoms with Crippen molar-refractivity contribution < 1.29 is 5.11 Å². The summed E-state index contributed by atoms with van der Waals surface area (Å²) in [6.07, 6.45) is 3.78. The topological polar surface area (TPSA) is 52.5 Å². The van der Waals surface area contributed by atoms with Crippen molar-refractivity contribution in [3.63, 3.8) is 0 Å². The number of anilines is 1. The third kappa shape index (κ3) is 3.42. The summed E-state index contributed by atoms with van der Waals surface area (Å²) in [4.78, 5) is 13.8. The summed E-state index contributed by atoms with van der Waals surface area (Å²) < 4.78 is 0. The lowest BCUT2D eigenvalue weighted by Gasteiger charge is -2.36. The maximum atomic E-state index is 9.54. The standard InChI is InChI=1S/C20H22N4O/c1-15-3-2-6-21-20(15)24-9-7-23(8-10-24)14-16-11-17-4-5-18(25)12-19(17)22-13-16/h2-6,11-13,25H,7-10,14H2,1H3. The van der Waals surface area contributed by atoms with Crippen LogP contribution in [0.2, 0.25) is 0 Å². The molecule has 1 aliphatic rings. The van der Waals surface area contributed by atoms with Gasteiger partial charge in [0.15, 0.2) is 0 Å². The first-order valence-corrected chi connectivity index (χ1v) is 8.65. The molecular formula is C20H22N4O. The van der Waals surface area contributed by atoms with E-state index in [4.69, 9.17) is 0 Å². The third-order valence-corrected chi connectivity index (χ3v) is 4.78. The average Bonchev–Trinajstić information content (AvgIpc) is 2.63. The fourth-order valence-electron chi connectivity index (χ4n) is 3.43. The zero-order valence-corrected chi connectivity index (χ0v) is 14.4. The van der Waals surface area contributed by atoms with Gasteiger partial charge in [-0.1, -0.05) is 6.07 Å². The van der Waals surface area contributed by atoms with Gasteiger partial charge < -0.3 is 10.0 Å². The molecule has 3 aromatic rings. The number of aryl methyl sites for hydroxylation is 1. The lowest BCUT2D eigenvalue weighted by Crippen LogP contribution is -2.46. The Kier molecular flexibility index (Phi) is 4.24. The number of nitrogens with zero attached hydrogens (tertiary/aromatic N) is 4. The van der Waals surface area contributed by atoms with Crippen LogP contribution in [0.3, 0.4) is 0 Å². The number of hydrogen-bond acceptors (Lipinski definition) is 5. The minimum absolute atomic E-state index is 0.258. The number of pyridine rings is 2. The molecule has 0 aliphatic carbocycles. The van der Waals surface area contributed by atoms with Gasteiger partial charge in [-0.05, 0) is 42.3 Å². The van der Waals surface area contributed by atoms with Crippen LogP contribution in [0.5, 0.6) is 5.75 Å². The Bertz CT molecular complexity index is 888. The number of phenolic OH excluding ortho intramolecular Hbond substituents is 1. The number of piperazine rings is 1. The molecule has 128 valence electrons. The van der Waals surface area contributed by atoms with E-state index in [2.05, 4.69) is 38.8 Å². The highest BCUT2D eigenvalue weighted by molar-refractivity contribution is 5.80. The molecule has 0 bridgehead atoms. The van der Waals surface area contributed by atoms with Gasteiger partial charge in [0.25, 0.3) is 0 Å². The lowest BCUT2D eigenvalue weighted by molar-refractivity contribution is 0.249. The maximum absolute atomic E-state index is 9.54. The monoisotopic (exact) mass is 334 g/mol. The number of fused-ring (bicyclic) bond motifs is 1. The first kappa shape index (κ1) is 15.8. The molecule has 1 aromatic carbocycles. The van der Waals surface area contributed by atoms with Crippen LogP contribution in [-0.4, -0.2) is 46.2 Å². The summed E-state index contributed by atoms with van der Waals surface area (Å²) in [7, 11) is 0. The van der Waals surface area contributed by atoms with Crippen LogP contribution in [0.15, 0.2) is 48.8 Å². The van der Waals surface area contributed by atoms with Crippen molar-refractivity contribution in [2.24, 2.45) is 0 Å². The van der Waals surface area contributed by atoms with Crippen LogP contribution >= 0.6 is 0 Å². The first-order valence-electron chi connectivity index (χ1n) is 8.65. The quantitative estimate of drug-likeness (QED) is 0.798. The van der Waals surface area contributed by atoms with Crippen LogP contribution in [0, 0.1) is 6.92 Å². The fraction of sp³-hybridized carbons (Fsp3) is 0.300. The van der Waals surface area contributed by atoms with Crippen molar-refractivity contribution in [2.75, 3.05) is 31.1 Å². The molecule has 3 heterocycles. The smallest absolute Gasteiger partial charge is 0.131 e. The molecule has 0 amide bonds. The fourth-order valence-corrected chi connectivity index (χ4v) is 3.43. The third-order valence-electron chi connectivity index (χ3n) is 4.78. The van der Waals surface area contributed by atoms with E-state index in [9.17, 15) is 5.11 Å². The summed E-state index contributed by atoms with van der Waals surface area (Å²) in [5.41, 5.74) is 3.28. The lowest BCUT2D eigenvalue weighted by atomic mass is 10.1. The number of hydrogen-bond donors (Lipinski definition) is 1. The molecule has 0 saturated carbocycles. The first-order chi connectivity index (χ1) is 12.2. The maximum Gasteiger partial charge on any atom is 0.131 e. The SMILES string of the molecule is Cc1cccnc1N1CCN(Cc2cnc3cc(O)ccc3c2)CC1. The molecule has 1 fully saturated rings. The highest BCUT2D eigenvalue weighted by atomic mass is 16.3. The predicted molar refractivity (Wildman–Crippen MR) is 99.9 cm³/mol. The number of benzene rings is 1. The van der Waals surface area contributed by atoms with Crippen LogP contribution in [0.4, 0.5) is 5.82 Å². The van der Waals surface area contributed by atoms with Crippen LogP contribution < -0.4 is 4.90 Å². The molecular weight excluding hydrogens is 312 g/mol. The Morgan fingerprint density at radius 1 is 1.04 bits per heavy atom. The number of aromatic hydroxyl groups is 1. The molecule has 0 radical (unpaired) electrons. The molecule has 1 aliphatic heterocycles. The van der Waals surface area contributed by atoms with E-state index in [0.717, 1.165) is 49.4 Å². The molecule has 0 spiro atoms. The van der Waals surface area contributed by atoms with Crippen molar-refractivity contribution in [1.29, 1.82) is 0 Å². The second-order valence-electron chi connectivity index (χ2n) is 6.63. The van der Waals surface area contributed by atoms with E-state index in [1.54, 1.807) is 12.1 Å². The zero-order valence-electron chi connectivity index (χ0n) is 14.4. The molecule has 2 aromatic heterocycles. The molecule has 0 atom stereocenters. The van der Waals surface area contributed by atoms with Gasteiger partial charge in [-0.2, -0.15) is 0 Å². The van der Waals surface area contributed by atoms with Crippen LogP contribution in [0.1, 0.15) is 11.1 Å². The van der Waals surface area contributed by atoms with Gasteiger partial charge in [-0.15, -0.1) is 0 Å². The normalized spacial score (nSPS) is 15.6. The van der Waals surface area contributed by atoms with E-state index in [1.807, 2.05) is 24.5 Å². The number of aromatic nitrogens is 2. The van der Waals surface area contributed by atoms with Crippen LogP contribution in [0.25, 0.3) is 10.9 Å². The van der Waals surface area contributed by atoms with Crippen molar-refractivity contribution in [3.05, 3.63) is 59.9 Å². The van der Waals surface area contributed by atoms with Gasteiger partial charge in [-0.25, -0.2) is 4.98 Å². The Balaban J connectivity index is 1.42. The average molecular weight is 334 g/mol. The van der Waals surface area contributed by atoms with Gasteiger partial charge in [0.1, 0.15) is 11.6 Å². The molecule has 4 rings (SSSR count). The summed E-state index contributed by atoms with van der Waals surface area (Å²) in [6, 6.07) is 11.6. The minimum atomic E-state index is 0.258. The second-order valence-corrected chi connectivity index (χ2v) is 6.63. The predicted octanol–water partition coefficient (Wildman–Crippen LogP) is 2.97. The summed E-state index contributed by atoms with van der Waals surface area (Å²) >= 11 is 0. The molecule has 25 heavy (non-hydrogen) atoms. The van der Waals surface area contributed by atoms with Gasteiger partial charge in [0.2, 0.25) is 0 Å². The highest BCUT2D eigenvalue weighted by Gasteiger charge is 2.19.